The first-order chi connectivity index (χ1) is 9.13. The highest BCUT2D eigenvalue weighted by Gasteiger charge is 2.29. The van der Waals surface area contributed by atoms with E-state index in [0.29, 0.717) is 19.4 Å². The monoisotopic (exact) mass is 262 g/mol. The number of benzene rings is 1. The molecule has 0 saturated carbocycles. The Morgan fingerprint density at radius 2 is 2.11 bits per heavy atom. The van der Waals surface area contributed by atoms with Crippen molar-refractivity contribution < 1.29 is 14.7 Å². The Balaban J connectivity index is 2.06. The molecule has 102 valence electrons. The molecular weight excluding hydrogens is 244 g/mol. The fraction of sp³-hybridized carbons (Fsp3) is 0.429. The maximum Gasteiger partial charge on any atom is 0.227 e. The zero-order valence-corrected chi connectivity index (χ0v) is 10.9. The molecule has 0 spiro atoms. The van der Waals surface area contributed by atoms with E-state index in [-0.39, 0.29) is 24.3 Å². The summed E-state index contributed by atoms with van der Waals surface area (Å²) < 4.78 is 0. The van der Waals surface area contributed by atoms with Gasteiger partial charge in [0.1, 0.15) is 0 Å². The van der Waals surface area contributed by atoms with Gasteiger partial charge < -0.3 is 15.3 Å². The van der Waals surface area contributed by atoms with Crippen LogP contribution in [0, 0.1) is 5.92 Å². The SMILES string of the molecule is CCC(=O)Nc1ccc(N2CC(CO)CC2=O)cc1. The number of aliphatic hydroxyl groups is 1. The highest BCUT2D eigenvalue weighted by atomic mass is 16.3. The largest absolute Gasteiger partial charge is 0.396 e. The summed E-state index contributed by atoms with van der Waals surface area (Å²) in [4.78, 5) is 24.7. The summed E-state index contributed by atoms with van der Waals surface area (Å²) in [6.45, 7) is 2.38. The van der Waals surface area contributed by atoms with Crippen LogP contribution in [0.3, 0.4) is 0 Å². The van der Waals surface area contributed by atoms with E-state index in [2.05, 4.69) is 5.32 Å². The van der Waals surface area contributed by atoms with Crippen molar-refractivity contribution in [3.63, 3.8) is 0 Å². The van der Waals surface area contributed by atoms with Gasteiger partial charge in [-0.25, -0.2) is 0 Å². The lowest BCUT2D eigenvalue weighted by Gasteiger charge is -2.17. The molecule has 1 aromatic carbocycles. The van der Waals surface area contributed by atoms with Gasteiger partial charge in [-0.15, -0.1) is 0 Å². The summed E-state index contributed by atoms with van der Waals surface area (Å²) >= 11 is 0. The predicted octanol–water partition coefficient (Wildman–Crippen LogP) is 1.38. The maximum absolute atomic E-state index is 11.8. The molecule has 1 aromatic rings. The third-order valence-electron chi connectivity index (χ3n) is 3.25. The Morgan fingerprint density at radius 3 is 2.63 bits per heavy atom. The number of anilines is 2. The van der Waals surface area contributed by atoms with Crippen LogP contribution in [0.25, 0.3) is 0 Å². The third-order valence-corrected chi connectivity index (χ3v) is 3.25. The number of carbonyl (C=O) groups excluding carboxylic acids is 2. The molecule has 1 aliphatic heterocycles. The van der Waals surface area contributed by atoms with E-state index in [1.807, 2.05) is 12.1 Å². The molecule has 1 atom stereocenters. The standard InChI is InChI=1S/C14H18N2O3/c1-2-13(18)15-11-3-5-12(6-4-11)16-8-10(9-17)7-14(16)19/h3-6,10,17H,2,7-9H2,1H3,(H,15,18). The van der Waals surface area contributed by atoms with Gasteiger partial charge in [0.15, 0.2) is 0 Å². The quantitative estimate of drug-likeness (QED) is 0.861. The summed E-state index contributed by atoms with van der Waals surface area (Å²) in [5.41, 5.74) is 1.52. The minimum Gasteiger partial charge on any atom is -0.396 e. The predicted molar refractivity (Wildman–Crippen MR) is 72.9 cm³/mol. The summed E-state index contributed by atoms with van der Waals surface area (Å²) in [5, 5.41) is 11.9. The lowest BCUT2D eigenvalue weighted by molar-refractivity contribution is -0.117. The van der Waals surface area contributed by atoms with E-state index in [1.54, 1.807) is 24.0 Å². The molecule has 1 aliphatic rings. The van der Waals surface area contributed by atoms with Gasteiger partial charge >= 0.3 is 0 Å². The number of nitrogens with one attached hydrogen (secondary N) is 1. The summed E-state index contributed by atoms with van der Waals surface area (Å²) in [7, 11) is 0. The van der Waals surface area contributed by atoms with Gasteiger partial charge in [0.25, 0.3) is 0 Å². The number of rotatable bonds is 4. The van der Waals surface area contributed by atoms with Crippen LogP contribution < -0.4 is 10.2 Å². The Labute approximate surface area is 112 Å². The van der Waals surface area contributed by atoms with Crippen LogP contribution in [0.2, 0.25) is 0 Å². The summed E-state index contributed by atoms with van der Waals surface area (Å²) in [5.74, 6) is 0.0155. The average molecular weight is 262 g/mol. The Kier molecular flexibility index (Phi) is 4.16. The molecular formula is C14H18N2O3. The molecule has 1 heterocycles. The lowest BCUT2D eigenvalue weighted by atomic mass is 10.1. The number of aliphatic hydroxyl groups excluding tert-OH is 1. The molecule has 2 rings (SSSR count). The van der Waals surface area contributed by atoms with Crippen molar-refractivity contribution >= 4 is 23.2 Å². The van der Waals surface area contributed by atoms with E-state index in [0.717, 1.165) is 11.4 Å². The van der Waals surface area contributed by atoms with Crippen LogP contribution in [0.5, 0.6) is 0 Å². The van der Waals surface area contributed by atoms with E-state index in [9.17, 15) is 9.59 Å². The van der Waals surface area contributed by atoms with E-state index in [1.165, 1.54) is 0 Å². The molecule has 0 radical (unpaired) electrons. The molecule has 0 bridgehead atoms. The third kappa shape index (κ3) is 3.12. The van der Waals surface area contributed by atoms with Crippen LogP contribution >= 0.6 is 0 Å². The zero-order valence-electron chi connectivity index (χ0n) is 10.9. The van der Waals surface area contributed by atoms with Gasteiger partial charge in [-0.05, 0) is 24.3 Å². The maximum atomic E-state index is 11.8. The Bertz CT molecular complexity index is 470. The van der Waals surface area contributed by atoms with Crippen molar-refractivity contribution in [1.29, 1.82) is 0 Å². The molecule has 1 fully saturated rings. The molecule has 5 nitrogen and oxygen atoms in total. The first-order valence-electron chi connectivity index (χ1n) is 6.45. The number of hydrogen-bond acceptors (Lipinski definition) is 3. The highest BCUT2D eigenvalue weighted by Crippen LogP contribution is 2.25. The lowest BCUT2D eigenvalue weighted by Crippen LogP contribution is -2.24. The topological polar surface area (TPSA) is 69.6 Å². The number of hydrogen-bond donors (Lipinski definition) is 2. The average Bonchev–Trinajstić information content (AvgIpc) is 2.81. The van der Waals surface area contributed by atoms with Gasteiger partial charge in [0.05, 0.1) is 0 Å². The molecule has 2 amide bonds. The minimum absolute atomic E-state index is 0.0203. The van der Waals surface area contributed by atoms with Crippen molar-refractivity contribution in [3.05, 3.63) is 24.3 Å². The second kappa shape index (κ2) is 5.84. The molecule has 2 N–H and O–H groups in total. The first kappa shape index (κ1) is 13.5. The number of nitrogens with zero attached hydrogens (tertiary/aromatic N) is 1. The molecule has 0 aliphatic carbocycles. The van der Waals surface area contributed by atoms with E-state index < -0.39 is 0 Å². The summed E-state index contributed by atoms with van der Waals surface area (Å²) in [6.07, 6.45) is 0.829. The second-order valence-electron chi connectivity index (χ2n) is 4.71. The number of carbonyl (C=O) groups is 2. The molecule has 0 aromatic heterocycles. The van der Waals surface area contributed by atoms with Gasteiger partial charge in [0.2, 0.25) is 11.8 Å². The minimum atomic E-state index is -0.0367. The van der Waals surface area contributed by atoms with Crippen molar-refractivity contribution in [1.82, 2.24) is 0 Å². The number of amides is 2. The van der Waals surface area contributed by atoms with Crippen LogP contribution in [-0.2, 0) is 9.59 Å². The van der Waals surface area contributed by atoms with Crippen LogP contribution in [0.1, 0.15) is 19.8 Å². The van der Waals surface area contributed by atoms with Crippen molar-refractivity contribution in [2.45, 2.75) is 19.8 Å². The van der Waals surface area contributed by atoms with E-state index in [4.69, 9.17) is 5.11 Å². The zero-order chi connectivity index (χ0) is 13.8. The van der Waals surface area contributed by atoms with Crippen molar-refractivity contribution in [2.75, 3.05) is 23.4 Å². The van der Waals surface area contributed by atoms with E-state index >= 15 is 0 Å². The smallest absolute Gasteiger partial charge is 0.227 e. The fourth-order valence-corrected chi connectivity index (χ4v) is 2.13. The summed E-state index contributed by atoms with van der Waals surface area (Å²) in [6, 6.07) is 7.18. The van der Waals surface area contributed by atoms with Crippen molar-refractivity contribution in [3.8, 4) is 0 Å². The molecule has 19 heavy (non-hydrogen) atoms. The Hall–Kier alpha value is -1.88. The van der Waals surface area contributed by atoms with Crippen molar-refractivity contribution in [2.24, 2.45) is 5.92 Å². The Morgan fingerprint density at radius 1 is 1.42 bits per heavy atom. The van der Waals surface area contributed by atoms with Gasteiger partial charge in [-0.1, -0.05) is 6.92 Å². The molecule has 5 heteroatoms. The van der Waals surface area contributed by atoms with Crippen LogP contribution in [0.4, 0.5) is 11.4 Å². The fourth-order valence-electron chi connectivity index (χ4n) is 2.13. The first-order valence-corrected chi connectivity index (χ1v) is 6.45. The van der Waals surface area contributed by atoms with Gasteiger partial charge in [-0.3, -0.25) is 9.59 Å². The van der Waals surface area contributed by atoms with Gasteiger partial charge in [-0.2, -0.15) is 0 Å². The highest BCUT2D eigenvalue weighted by molar-refractivity contribution is 5.96. The normalized spacial score (nSPS) is 18.7. The van der Waals surface area contributed by atoms with Gasteiger partial charge in [0, 0.05) is 43.3 Å². The second-order valence-corrected chi connectivity index (χ2v) is 4.71. The molecule has 1 saturated heterocycles. The van der Waals surface area contributed by atoms with Crippen LogP contribution in [-0.4, -0.2) is 30.1 Å². The molecule has 1 unspecified atom stereocenters. The van der Waals surface area contributed by atoms with Crippen LogP contribution in [0.15, 0.2) is 24.3 Å².